The van der Waals surface area contributed by atoms with Gasteiger partial charge >= 0.3 is 17.9 Å². The molecule has 0 aliphatic carbocycles. The number of rotatable bonds is 52. The maximum atomic E-state index is 14.6. The zero-order valence-corrected chi connectivity index (χ0v) is 61.8. The third-order valence-corrected chi connectivity index (χ3v) is 17.3. The third kappa shape index (κ3) is 35.5. The number of thiol groups is 1. The van der Waals surface area contributed by atoms with Gasteiger partial charge in [0.05, 0.1) is 32.9 Å². The molecule has 0 aliphatic heterocycles. The Balaban J connectivity index is 2.39. The number of nitrogens with two attached hydrogens (primary N) is 2. The summed E-state index contributed by atoms with van der Waals surface area (Å²) in [7, 11) is 0. The lowest BCUT2D eigenvalue weighted by atomic mass is 9.96. The molecule has 24 N–H and O–H groups in total. The third-order valence-electron chi connectivity index (χ3n) is 16.3. The van der Waals surface area contributed by atoms with Crippen molar-refractivity contribution in [3.63, 3.8) is 0 Å². The quantitative estimate of drug-likeness (QED) is 0.0216. The number of phenolic OH excluding ortho intramolecular Hbond substituents is 1. The molecule has 2 aromatic carbocycles. The van der Waals surface area contributed by atoms with Gasteiger partial charge in [0.1, 0.15) is 78.3 Å². The number of nitrogens with one attached hydrogen (secondary N) is 13. The number of aliphatic hydroxyl groups excluding tert-OH is 3. The summed E-state index contributed by atoms with van der Waals surface area (Å²) in [6.45, 7) is 2.48. The van der Waals surface area contributed by atoms with Crippen LogP contribution in [0.3, 0.4) is 0 Å². The van der Waals surface area contributed by atoms with Gasteiger partial charge in [-0.25, -0.2) is 4.79 Å². The highest BCUT2D eigenvalue weighted by Gasteiger charge is 2.37. The lowest BCUT2D eigenvalue weighted by Gasteiger charge is -2.29. The van der Waals surface area contributed by atoms with Gasteiger partial charge in [0.15, 0.2) is 0 Å². The molecule has 13 atom stereocenters. The summed E-state index contributed by atoms with van der Waals surface area (Å²) in [6, 6.07) is -4.78. The van der Waals surface area contributed by atoms with Crippen molar-refractivity contribution in [1.82, 2.24) is 69.1 Å². The SMILES string of the molecule is CC[C@H](C)[C@H](NC(=O)[C@H](Cc1ccccc1)NC(=O)[C@H](CC(C)C)NC(=O)[C@H](CO)NC(=O)[C@H](CO)NC(=O)[C@@H](N)CO)C(=O)N[C@@H](CCSC)C(=O)NCC(=O)N[C@@H](CCCCN)C(=O)N[C@@H](CCC(=O)O)C(=O)N[C@@H](CS)C(=O)N[C@@H](Cc1ccc(O)cc1)C(=O)NCC(=O)N[C@@H](CCC(=O)O)C(=O)O. The molecule has 0 aliphatic rings. The van der Waals surface area contributed by atoms with Crippen molar-refractivity contribution in [3.8, 4) is 5.75 Å². The number of unbranched alkanes of at least 4 members (excludes halogenated alkanes) is 1. The monoisotopic (exact) mass is 1550 g/mol. The van der Waals surface area contributed by atoms with Crippen LogP contribution in [0.1, 0.15) is 103 Å². The fourth-order valence-electron chi connectivity index (χ4n) is 10.0. The van der Waals surface area contributed by atoms with Gasteiger partial charge < -0.3 is 116 Å². The number of benzene rings is 2. The molecular weight excluding hydrogens is 1450 g/mol. The van der Waals surface area contributed by atoms with E-state index in [4.69, 9.17) is 16.6 Å². The van der Waals surface area contributed by atoms with Crippen LogP contribution in [0.4, 0.5) is 0 Å². The molecule has 0 unspecified atom stereocenters. The number of amides is 13. The Morgan fingerprint density at radius 3 is 1.36 bits per heavy atom. The van der Waals surface area contributed by atoms with Crippen molar-refractivity contribution in [2.75, 3.05) is 57.2 Å². The predicted molar refractivity (Wildman–Crippen MR) is 388 cm³/mol. The average Bonchev–Trinajstić information content (AvgIpc) is 0.853. The number of carboxylic acid groups (broad SMARTS) is 3. The van der Waals surface area contributed by atoms with E-state index in [0.717, 1.165) is 0 Å². The van der Waals surface area contributed by atoms with Gasteiger partial charge in [0, 0.05) is 31.4 Å². The first-order valence-corrected chi connectivity index (χ1v) is 36.4. The Bertz CT molecular complexity index is 3310. The number of carbonyl (C=O) groups is 16. The minimum absolute atomic E-state index is 0.0246. The smallest absolute Gasteiger partial charge is 0.326 e. The van der Waals surface area contributed by atoms with E-state index in [1.165, 1.54) is 36.0 Å². The molecule has 0 radical (unpaired) electrons. The largest absolute Gasteiger partial charge is 0.508 e. The summed E-state index contributed by atoms with van der Waals surface area (Å²) in [5.74, 6) is -18.6. The molecule has 2 aromatic rings. The molecule has 40 heteroatoms. The second-order valence-electron chi connectivity index (χ2n) is 25.3. The van der Waals surface area contributed by atoms with Gasteiger partial charge in [-0.1, -0.05) is 76.6 Å². The molecule has 0 aromatic heterocycles. The van der Waals surface area contributed by atoms with E-state index < -0.39 is 237 Å². The molecule has 13 amide bonds. The lowest BCUT2D eigenvalue weighted by molar-refractivity contribution is -0.143. The Hall–Kier alpha value is -9.74. The van der Waals surface area contributed by atoms with Crippen LogP contribution in [0.25, 0.3) is 0 Å². The maximum Gasteiger partial charge on any atom is 0.326 e. The molecule has 38 nitrogen and oxygen atoms in total. The van der Waals surface area contributed by atoms with Crippen molar-refractivity contribution in [1.29, 1.82) is 0 Å². The number of carbonyl (C=O) groups excluding carboxylic acids is 13. The first-order valence-electron chi connectivity index (χ1n) is 34.4. The van der Waals surface area contributed by atoms with Crippen LogP contribution >= 0.6 is 24.4 Å². The number of thioether (sulfide) groups is 1. The fraction of sp³-hybridized carbons (Fsp3) is 0.582. The number of aliphatic carboxylic acids is 3. The predicted octanol–water partition coefficient (Wildman–Crippen LogP) is -6.23. The maximum absolute atomic E-state index is 14.6. The number of carboxylic acids is 3. The van der Waals surface area contributed by atoms with Crippen molar-refractivity contribution < 1.29 is 112 Å². The zero-order valence-electron chi connectivity index (χ0n) is 60.1. The Kier molecular flexibility index (Phi) is 43.6. The molecule has 0 fully saturated rings. The van der Waals surface area contributed by atoms with Crippen molar-refractivity contribution in [2.24, 2.45) is 23.3 Å². The summed E-state index contributed by atoms with van der Waals surface area (Å²) < 4.78 is 0. The highest BCUT2D eigenvalue weighted by atomic mass is 32.2. The topological polar surface area (TPSA) is 623 Å². The first kappa shape index (κ1) is 93.3. The standard InChI is InChI=1S/C67H103N15O23S2/c1-6-36(4)55(82-62(99)47(27-37-12-8-7-9-13-37)78-61(98)45(26-35(2)3)76-63(100)49(33-85)80-64(101)48(32-84)79-56(93)40(69)31-83)66(103)75-43(23-25-107-5)57(94)70-29-51(87)72-41(14-10-11-24-68)59(96)74-42(19-21-53(89)90)60(97)81-50(34-106)65(102)77-46(28-38-15-17-39(86)18-16-38)58(95)71-30-52(88)73-44(67(104)105)20-22-54(91)92/h7-9,12-13,15-18,35-36,40-50,55,83-86,106H,6,10-11,14,19-34,68-69H2,1-5H3,(H,70,94)(H,71,95)(H,72,87)(H,73,88)(H,74,96)(H,75,103)(H,76,100)(H,77,102)(H,78,98)(H,79,93)(H,80,101)(H,81,97)(H,82,99)(H,89,90)(H,91,92)(H,104,105)/t36-,40-,41-,42-,43-,44-,45-,46-,47-,48-,49-,50-,55-/m0/s1. The number of aliphatic hydroxyl groups is 3. The highest BCUT2D eigenvalue weighted by Crippen LogP contribution is 2.16. The minimum atomic E-state index is -1.75. The first-order chi connectivity index (χ1) is 50.6. The van der Waals surface area contributed by atoms with E-state index in [9.17, 15) is 107 Å². The van der Waals surface area contributed by atoms with Crippen LogP contribution in [0.2, 0.25) is 0 Å². The summed E-state index contributed by atoms with van der Waals surface area (Å²) in [6.07, 6.45) is -0.538. The number of hydrogen-bond acceptors (Lipinski definition) is 24. The molecule has 0 bridgehead atoms. The molecule has 0 heterocycles. The second-order valence-corrected chi connectivity index (χ2v) is 26.7. The molecule has 2 rings (SSSR count). The molecule has 0 spiro atoms. The molecule has 0 saturated carbocycles. The Morgan fingerprint density at radius 2 is 0.869 bits per heavy atom. The van der Waals surface area contributed by atoms with E-state index in [1.807, 2.05) is 0 Å². The number of hydrogen-bond donors (Lipinski definition) is 23. The number of aromatic hydroxyl groups is 1. The summed E-state index contributed by atoms with van der Waals surface area (Å²) in [5, 5.41) is 98.5. The molecular formula is C67H103N15O23S2. The van der Waals surface area contributed by atoms with Crippen molar-refractivity contribution in [2.45, 2.75) is 177 Å². The van der Waals surface area contributed by atoms with Crippen molar-refractivity contribution >= 4 is 119 Å². The molecule has 0 saturated heterocycles. The Labute approximate surface area is 627 Å². The zero-order chi connectivity index (χ0) is 80.5. The van der Waals surface area contributed by atoms with Crippen LogP contribution in [-0.4, -0.2) is 260 Å². The van der Waals surface area contributed by atoms with Crippen molar-refractivity contribution in [3.05, 3.63) is 65.7 Å². The Morgan fingerprint density at radius 1 is 0.458 bits per heavy atom. The average molecular weight is 1550 g/mol. The van der Waals surface area contributed by atoms with Crippen LogP contribution in [-0.2, 0) is 89.6 Å². The van der Waals surface area contributed by atoms with Gasteiger partial charge in [0.2, 0.25) is 76.8 Å². The second kappa shape index (κ2) is 49.9. The van der Waals surface area contributed by atoms with Gasteiger partial charge in [-0.15, -0.1) is 0 Å². The van der Waals surface area contributed by atoms with Crippen LogP contribution in [0.15, 0.2) is 54.6 Å². The van der Waals surface area contributed by atoms with E-state index in [1.54, 1.807) is 64.3 Å². The fourth-order valence-corrected chi connectivity index (χ4v) is 10.8. The van der Waals surface area contributed by atoms with Gasteiger partial charge in [-0.3, -0.25) is 71.9 Å². The van der Waals surface area contributed by atoms with E-state index in [2.05, 4.69) is 81.7 Å². The lowest BCUT2D eigenvalue weighted by Crippen LogP contribution is -2.61. The highest BCUT2D eigenvalue weighted by molar-refractivity contribution is 7.98. The number of phenols is 1. The molecule has 107 heavy (non-hydrogen) atoms. The van der Waals surface area contributed by atoms with Crippen LogP contribution in [0.5, 0.6) is 5.75 Å². The van der Waals surface area contributed by atoms with Gasteiger partial charge in [-0.05, 0) is 98.6 Å². The van der Waals surface area contributed by atoms with E-state index >= 15 is 0 Å². The van der Waals surface area contributed by atoms with E-state index in [-0.39, 0.29) is 68.9 Å². The van der Waals surface area contributed by atoms with Crippen LogP contribution < -0.4 is 80.6 Å². The van der Waals surface area contributed by atoms with Gasteiger partial charge in [0.25, 0.3) is 0 Å². The normalized spacial score (nSPS) is 14.7. The van der Waals surface area contributed by atoms with Gasteiger partial charge in [-0.2, -0.15) is 24.4 Å². The van der Waals surface area contributed by atoms with Crippen LogP contribution in [0, 0.1) is 11.8 Å². The summed E-state index contributed by atoms with van der Waals surface area (Å²) in [4.78, 5) is 213. The summed E-state index contributed by atoms with van der Waals surface area (Å²) >= 11 is 5.49. The van der Waals surface area contributed by atoms with E-state index in [0.29, 0.717) is 17.5 Å². The minimum Gasteiger partial charge on any atom is -0.508 e. The molecule has 596 valence electrons. The summed E-state index contributed by atoms with van der Waals surface area (Å²) in [5.41, 5.74) is 12.1.